The topological polar surface area (TPSA) is 39.9 Å². The molecule has 1 saturated carbocycles. The average Bonchev–Trinajstić information content (AvgIpc) is 3.05. The van der Waals surface area contributed by atoms with Crippen molar-refractivity contribution in [2.45, 2.75) is 37.3 Å². The third-order valence-corrected chi connectivity index (χ3v) is 4.40. The molecule has 0 aromatic carbocycles. The minimum Gasteiger partial charge on any atom is -0.376 e. The second-order valence-corrected chi connectivity index (χ2v) is 5.67. The monoisotopic (exact) mass is 277 g/mol. The molecule has 2 aromatic rings. The summed E-state index contributed by atoms with van der Waals surface area (Å²) in [5.41, 5.74) is 1.87. The molecule has 0 radical (unpaired) electrons. The predicted molar refractivity (Wildman–Crippen MR) is 73.2 cm³/mol. The summed E-state index contributed by atoms with van der Waals surface area (Å²) in [7, 11) is 0. The first kappa shape index (κ1) is 11.7. The van der Waals surface area contributed by atoms with Crippen molar-refractivity contribution in [3.05, 3.63) is 24.2 Å². The van der Waals surface area contributed by atoms with Gasteiger partial charge in [0.1, 0.15) is 11.3 Å². The van der Waals surface area contributed by atoms with Crippen molar-refractivity contribution in [2.24, 2.45) is 5.92 Å². The molecule has 3 heterocycles. The molecule has 19 heavy (non-hydrogen) atoms. The zero-order valence-corrected chi connectivity index (χ0v) is 11.4. The third kappa shape index (κ3) is 1.85. The van der Waals surface area contributed by atoms with Crippen LogP contribution in [0.5, 0.6) is 0 Å². The fourth-order valence-corrected chi connectivity index (χ4v) is 3.36. The summed E-state index contributed by atoms with van der Waals surface area (Å²) in [5.74, 6) is 2.05. The van der Waals surface area contributed by atoms with Crippen LogP contribution in [0.4, 0.5) is 0 Å². The highest BCUT2D eigenvalue weighted by atomic mass is 35.5. The van der Waals surface area contributed by atoms with Crippen LogP contribution in [0.1, 0.15) is 31.1 Å². The molecular weight excluding hydrogens is 262 g/mol. The number of halogens is 1. The quantitative estimate of drug-likeness (QED) is 0.810. The van der Waals surface area contributed by atoms with E-state index in [1.54, 1.807) is 0 Å². The second-order valence-electron chi connectivity index (χ2n) is 5.41. The van der Waals surface area contributed by atoms with Gasteiger partial charge in [-0.3, -0.25) is 0 Å². The maximum atomic E-state index is 6.07. The summed E-state index contributed by atoms with van der Waals surface area (Å²) in [6, 6.07) is 4.26. The van der Waals surface area contributed by atoms with Gasteiger partial charge in [0.05, 0.1) is 18.0 Å². The molecule has 1 saturated heterocycles. The molecule has 2 aliphatic rings. The molecule has 4 nitrogen and oxygen atoms in total. The molecule has 0 N–H and O–H groups in total. The second kappa shape index (κ2) is 4.46. The highest BCUT2D eigenvalue weighted by Gasteiger charge is 2.42. The highest BCUT2D eigenvalue weighted by Crippen LogP contribution is 2.44. The maximum absolute atomic E-state index is 6.07. The Labute approximate surface area is 116 Å². The molecular formula is C14H16ClN3O. The van der Waals surface area contributed by atoms with E-state index in [0.717, 1.165) is 35.9 Å². The van der Waals surface area contributed by atoms with Gasteiger partial charge in [-0.15, -0.1) is 11.6 Å². The van der Waals surface area contributed by atoms with Crippen molar-refractivity contribution in [1.29, 1.82) is 0 Å². The van der Waals surface area contributed by atoms with E-state index in [9.17, 15) is 0 Å². The number of hydrogen-bond donors (Lipinski definition) is 0. The van der Waals surface area contributed by atoms with E-state index < -0.39 is 0 Å². The molecule has 0 amide bonds. The minimum atomic E-state index is 0.321. The Kier molecular flexibility index (Phi) is 2.74. The zero-order chi connectivity index (χ0) is 12.8. The largest absolute Gasteiger partial charge is 0.376 e. The van der Waals surface area contributed by atoms with Crippen LogP contribution in [-0.2, 0) is 10.6 Å². The predicted octanol–water partition coefficient (Wildman–Crippen LogP) is 2.91. The number of pyridine rings is 1. The lowest BCUT2D eigenvalue weighted by molar-refractivity contribution is 0.0753. The molecule has 2 fully saturated rings. The first-order chi connectivity index (χ1) is 9.38. The first-order valence-electron chi connectivity index (χ1n) is 6.88. The van der Waals surface area contributed by atoms with E-state index in [4.69, 9.17) is 16.3 Å². The van der Waals surface area contributed by atoms with Gasteiger partial charge in [0.2, 0.25) is 0 Å². The van der Waals surface area contributed by atoms with E-state index in [-0.39, 0.29) is 0 Å². The molecule has 0 spiro atoms. The van der Waals surface area contributed by atoms with Crippen molar-refractivity contribution >= 4 is 22.8 Å². The van der Waals surface area contributed by atoms with Crippen LogP contribution in [-0.4, -0.2) is 27.2 Å². The number of rotatable bonds is 3. The highest BCUT2D eigenvalue weighted by molar-refractivity contribution is 6.16. The molecule has 2 aromatic heterocycles. The van der Waals surface area contributed by atoms with Gasteiger partial charge >= 0.3 is 0 Å². The first-order valence-corrected chi connectivity index (χ1v) is 7.41. The Bertz CT molecular complexity index is 608. The minimum absolute atomic E-state index is 0.321. The van der Waals surface area contributed by atoms with Crippen molar-refractivity contribution in [3.8, 4) is 0 Å². The molecule has 2 unspecified atom stereocenters. The average molecular weight is 278 g/mol. The fraction of sp³-hybridized carbons (Fsp3) is 0.571. The molecule has 2 atom stereocenters. The van der Waals surface area contributed by atoms with Crippen LogP contribution in [0.15, 0.2) is 18.3 Å². The van der Waals surface area contributed by atoms with Crippen molar-refractivity contribution in [1.82, 2.24) is 14.5 Å². The number of alkyl halides is 1. The van der Waals surface area contributed by atoms with E-state index >= 15 is 0 Å². The Balaban J connectivity index is 1.84. The van der Waals surface area contributed by atoms with Gasteiger partial charge in [0, 0.05) is 12.8 Å². The Morgan fingerprint density at radius 2 is 2.26 bits per heavy atom. The van der Waals surface area contributed by atoms with Crippen LogP contribution in [0.25, 0.3) is 11.2 Å². The smallest absolute Gasteiger partial charge is 0.160 e. The molecule has 1 aliphatic heterocycles. The fourth-order valence-electron chi connectivity index (χ4n) is 3.17. The van der Waals surface area contributed by atoms with Crippen LogP contribution in [0.3, 0.4) is 0 Å². The summed E-state index contributed by atoms with van der Waals surface area (Å²) >= 11 is 6.07. The zero-order valence-electron chi connectivity index (χ0n) is 10.6. The van der Waals surface area contributed by atoms with Crippen LogP contribution in [0.2, 0.25) is 0 Å². The van der Waals surface area contributed by atoms with Crippen LogP contribution >= 0.6 is 11.6 Å². The Morgan fingerprint density at radius 3 is 3.05 bits per heavy atom. The van der Waals surface area contributed by atoms with Crippen LogP contribution in [0, 0.1) is 5.92 Å². The van der Waals surface area contributed by atoms with Crippen molar-refractivity contribution in [3.63, 3.8) is 0 Å². The number of ether oxygens (including phenoxy) is 1. The maximum Gasteiger partial charge on any atom is 0.160 e. The molecule has 100 valence electrons. The van der Waals surface area contributed by atoms with Gasteiger partial charge < -0.3 is 9.30 Å². The van der Waals surface area contributed by atoms with Gasteiger partial charge in [-0.2, -0.15) is 0 Å². The van der Waals surface area contributed by atoms with Crippen molar-refractivity contribution in [2.75, 3.05) is 6.61 Å². The number of nitrogens with zero attached hydrogens (tertiary/aromatic N) is 3. The van der Waals surface area contributed by atoms with Gasteiger partial charge in [-0.25, -0.2) is 9.97 Å². The lowest BCUT2D eigenvalue weighted by atomic mass is 10.1. The summed E-state index contributed by atoms with van der Waals surface area (Å²) in [6.07, 6.45) is 5.75. The van der Waals surface area contributed by atoms with Crippen molar-refractivity contribution < 1.29 is 4.74 Å². The normalized spacial score (nSPS) is 27.2. The van der Waals surface area contributed by atoms with E-state index in [1.807, 2.05) is 18.3 Å². The van der Waals surface area contributed by atoms with Gasteiger partial charge in [0.25, 0.3) is 0 Å². The number of aromatic nitrogens is 3. The van der Waals surface area contributed by atoms with Gasteiger partial charge in [0.15, 0.2) is 5.65 Å². The van der Waals surface area contributed by atoms with Gasteiger partial charge in [-0.1, -0.05) is 0 Å². The molecule has 1 aliphatic carbocycles. The SMILES string of the molecule is ClCc1nc2cccnc2n1C1CCOC1C1CC1. The van der Waals surface area contributed by atoms with E-state index in [2.05, 4.69) is 14.5 Å². The molecule has 0 bridgehead atoms. The summed E-state index contributed by atoms with van der Waals surface area (Å²) in [6.45, 7) is 0.833. The van der Waals surface area contributed by atoms with Crippen LogP contribution < -0.4 is 0 Å². The Hall–Kier alpha value is -1.13. The van der Waals surface area contributed by atoms with E-state index in [0.29, 0.717) is 18.0 Å². The number of fused-ring (bicyclic) bond motifs is 1. The summed E-state index contributed by atoms with van der Waals surface area (Å²) in [5, 5.41) is 0. The molecule has 5 heteroatoms. The van der Waals surface area contributed by atoms with Gasteiger partial charge in [-0.05, 0) is 37.3 Å². The van der Waals surface area contributed by atoms with E-state index in [1.165, 1.54) is 12.8 Å². The molecule has 4 rings (SSSR count). The number of imidazole rings is 1. The standard InChI is InChI=1S/C14H16ClN3O/c15-8-12-17-10-2-1-6-16-14(10)18(12)11-5-7-19-13(11)9-3-4-9/h1-2,6,9,11,13H,3-5,7-8H2. The Morgan fingerprint density at radius 1 is 1.37 bits per heavy atom. The summed E-state index contributed by atoms with van der Waals surface area (Å²) < 4.78 is 8.16. The summed E-state index contributed by atoms with van der Waals surface area (Å²) in [4.78, 5) is 9.10. The third-order valence-electron chi connectivity index (χ3n) is 4.16. The number of hydrogen-bond acceptors (Lipinski definition) is 3. The lowest BCUT2D eigenvalue weighted by Gasteiger charge is -2.21. The lowest BCUT2D eigenvalue weighted by Crippen LogP contribution is -2.23.